The van der Waals surface area contributed by atoms with E-state index in [1.54, 1.807) is 36.4 Å². The molecule has 0 amide bonds. The highest BCUT2D eigenvalue weighted by molar-refractivity contribution is 7.98. The molecule has 0 bridgehead atoms. The van der Waals surface area contributed by atoms with Gasteiger partial charge in [0.05, 0.1) is 17.0 Å². The van der Waals surface area contributed by atoms with Gasteiger partial charge in [0.1, 0.15) is 17.0 Å². The van der Waals surface area contributed by atoms with Crippen molar-refractivity contribution in [2.75, 3.05) is 0 Å². The van der Waals surface area contributed by atoms with E-state index in [1.165, 1.54) is 6.26 Å². The van der Waals surface area contributed by atoms with Crippen LogP contribution in [0, 0.1) is 0 Å². The summed E-state index contributed by atoms with van der Waals surface area (Å²) in [5.41, 5.74) is 0. The third kappa shape index (κ3) is 2.49. The second kappa shape index (κ2) is 4.48. The van der Waals surface area contributed by atoms with Crippen LogP contribution in [0.15, 0.2) is 40.4 Å². The first-order valence-corrected chi connectivity index (χ1v) is 5.32. The van der Waals surface area contributed by atoms with E-state index in [0.717, 1.165) is 10.8 Å². The summed E-state index contributed by atoms with van der Waals surface area (Å²) in [5.74, 6) is 1.55. The van der Waals surface area contributed by atoms with Crippen molar-refractivity contribution in [1.82, 2.24) is 9.97 Å². The number of aromatic nitrogens is 2. The molecule has 0 spiro atoms. The molecule has 0 atom stereocenters. The van der Waals surface area contributed by atoms with Crippen molar-refractivity contribution in [3.63, 3.8) is 0 Å². The van der Waals surface area contributed by atoms with Crippen molar-refractivity contribution in [2.24, 2.45) is 0 Å². The van der Waals surface area contributed by atoms with Crippen LogP contribution in [0.4, 0.5) is 0 Å². The van der Waals surface area contributed by atoms with E-state index in [4.69, 9.17) is 16.0 Å². The molecule has 0 saturated carbocycles. The van der Waals surface area contributed by atoms with E-state index < -0.39 is 0 Å². The maximum Gasteiger partial charge on any atom is 0.115 e. The van der Waals surface area contributed by atoms with Crippen LogP contribution in [-0.4, -0.2) is 9.97 Å². The van der Waals surface area contributed by atoms with E-state index in [0.29, 0.717) is 10.8 Å². The average molecular weight is 227 g/mol. The van der Waals surface area contributed by atoms with Crippen molar-refractivity contribution in [3.8, 4) is 0 Å². The molecule has 0 aliphatic heterocycles. The number of rotatable bonds is 3. The Kier molecular flexibility index (Phi) is 3.06. The Morgan fingerprint density at radius 3 is 3.00 bits per heavy atom. The molecule has 72 valence electrons. The predicted molar refractivity (Wildman–Crippen MR) is 55.3 cm³/mol. The zero-order valence-corrected chi connectivity index (χ0v) is 8.76. The summed E-state index contributed by atoms with van der Waals surface area (Å²) in [6.07, 6.45) is 6.55. The summed E-state index contributed by atoms with van der Waals surface area (Å²) in [6, 6.07) is 1.80. The third-order valence-electron chi connectivity index (χ3n) is 1.52. The van der Waals surface area contributed by atoms with Gasteiger partial charge in [-0.15, -0.1) is 0 Å². The van der Waals surface area contributed by atoms with Crippen molar-refractivity contribution < 1.29 is 4.42 Å². The highest BCUT2D eigenvalue weighted by Crippen LogP contribution is 2.22. The lowest BCUT2D eigenvalue weighted by atomic mass is 10.5. The van der Waals surface area contributed by atoms with Crippen molar-refractivity contribution in [2.45, 2.75) is 10.8 Å². The van der Waals surface area contributed by atoms with E-state index >= 15 is 0 Å². The van der Waals surface area contributed by atoms with Gasteiger partial charge in [-0.2, -0.15) is 0 Å². The number of hydrogen-bond acceptors (Lipinski definition) is 4. The molecule has 0 aliphatic carbocycles. The topological polar surface area (TPSA) is 38.9 Å². The molecule has 0 N–H and O–H groups in total. The van der Waals surface area contributed by atoms with E-state index in [-0.39, 0.29) is 0 Å². The highest BCUT2D eigenvalue weighted by atomic mass is 35.5. The van der Waals surface area contributed by atoms with Gasteiger partial charge in [-0.05, 0) is 6.07 Å². The largest absolute Gasteiger partial charge is 0.467 e. The smallest absolute Gasteiger partial charge is 0.115 e. The van der Waals surface area contributed by atoms with Crippen molar-refractivity contribution in [3.05, 3.63) is 41.7 Å². The van der Waals surface area contributed by atoms with E-state index in [9.17, 15) is 0 Å². The van der Waals surface area contributed by atoms with Crippen LogP contribution in [0.1, 0.15) is 5.76 Å². The lowest BCUT2D eigenvalue weighted by Gasteiger charge is -1.95. The van der Waals surface area contributed by atoms with Crippen LogP contribution >= 0.6 is 23.4 Å². The van der Waals surface area contributed by atoms with E-state index in [2.05, 4.69) is 9.97 Å². The molecule has 0 aromatic carbocycles. The summed E-state index contributed by atoms with van der Waals surface area (Å²) in [7, 11) is 0. The number of furan rings is 1. The van der Waals surface area contributed by atoms with E-state index in [1.807, 2.05) is 0 Å². The average Bonchev–Trinajstić information content (AvgIpc) is 2.63. The molecular formula is C9H7ClN2OS. The zero-order chi connectivity index (χ0) is 9.80. The third-order valence-corrected chi connectivity index (χ3v) is 2.66. The monoisotopic (exact) mass is 226 g/mol. The fraction of sp³-hybridized carbons (Fsp3) is 0.111. The molecule has 2 aromatic rings. The molecule has 14 heavy (non-hydrogen) atoms. The highest BCUT2D eigenvalue weighted by Gasteiger charge is 2.01. The quantitative estimate of drug-likeness (QED) is 0.755. The minimum Gasteiger partial charge on any atom is -0.467 e. The zero-order valence-electron chi connectivity index (χ0n) is 7.18. The van der Waals surface area contributed by atoms with Crippen LogP contribution in [0.5, 0.6) is 0 Å². The molecule has 3 nitrogen and oxygen atoms in total. The summed E-state index contributed by atoms with van der Waals surface area (Å²) < 4.78 is 5.19. The standard InChI is InChI=1S/C9H7ClN2OS/c10-7-3-8(13-5-7)6-14-9-4-11-1-2-12-9/h1-5H,6H2. The van der Waals surface area contributed by atoms with Crippen molar-refractivity contribution >= 4 is 23.4 Å². The molecule has 2 aromatic heterocycles. The Balaban J connectivity index is 1.95. The summed E-state index contributed by atoms with van der Waals surface area (Å²) >= 11 is 7.27. The summed E-state index contributed by atoms with van der Waals surface area (Å²) in [5, 5.41) is 1.50. The molecule has 0 fully saturated rings. The summed E-state index contributed by atoms with van der Waals surface area (Å²) in [4.78, 5) is 8.09. The summed E-state index contributed by atoms with van der Waals surface area (Å²) in [6.45, 7) is 0. The number of halogens is 1. The lowest BCUT2D eigenvalue weighted by Crippen LogP contribution is -1.81. The number of thioether (sulfide) groups is 1. The molecule has 2 heterocycles. The maximum atomic E-state index is 5.71. The van der Waals surface area contributed by atoms with Gasteiger partial charge in [-0.25, -0.2) is 4.98 Å². The van der Waals surface area contributed by atoms with Gasteiger partial charge in [0.2, 0.25) is 0 Å². The van der Waals surface area contributed by atoms with Gasteiger partial charge in [0.25, 0.3) is 0 Å². The Labute approximate surface area is 90.5 Å². The van der Waals surface area contributed by atoms with Gasteiger partial charge in [0, 0.05) is 12.4 Å². The van der Waals surface area contributed by atoms with Gasteiger partial charge in [-0.1, -0.05) is 23.4 Å². The second-order valence-electron chi connectivity index (χ2n) is 2.56. The first-order chi connectivity index (χ1) is 6.84. The number of nitrogens with zero attached hydrogens (tertiary/aromatic N) is 2. The minimum absolute atomic E-state index is 0.625. The molecule has 0 aliphatic rings. The molecule has 0 radical (unpaired) electrons. The molecule has 0 unspecified atom stereocenters. The number of hydrogen-bond donors (Lipinski definition) is 0. The van der Waals surface area contributed by atoms with Crippen LogP contribution < -0.4 is 0 Å². The first kappa shape index (κ1) is 9.55. The molecule has 2 rings (SSSR count). The van der Waals surface area contributed by atoms with Gasteiger partial charge in [0.15, 0.2) is 0 Å². The lowest BCUT2D eigenvalue weighted by molar-refractivity contribution is 0.530. The van der Waals surface area contributed by atoms with Crippen molar-refractivity contribution in [1.29, 1.82) is 0 Å². The Hall–Kier alpha value is -1.00. The van der Waals surface area contributed by atoms with Gasteiger partial charge >= 0.3 is 0 Å². The van der Waals surface area contributed by atoms with Crippen LogP contribution in [-0.2, 0) is 5.75 Å². The van der Waals surface area contributed by atoms with Crippen LogP contribution in [0.3, 0.4) is 0 Å². The fourth-order valence-electron chi connectivity index (χ4n) is 0.935. The Bertz CT molecular complexity index is 404. The SMILES string of the molecule is Clc1coc(CSc2cnccn2)c1. The molecule has 5 heteroatoms. The predicted octanol–water partition coefficient (Wildman–Crippen LogP) is 3.02. The first-order valence-electron chi connectivity index (χ1n) is 3.96. The minimum atomic E-state index is 0.625. The maximum absolute atomic E-state index is 5.71. The van der Waals surface area contributed by atoms with Gasteiger partial charge < -0.3 is 4.42 Å². The van der Waals surface area contributed by atoms with Gasteiger partial charge in [-0.3, -0.25) is 4.98 Å². The second-order valence-corrected chi connectivity index (χ2v) is 4.00. The van der Waals surface area contributed by atoms with Crippen LogP contribution in [0.25, 0.3) is 0 Å². The Morgan fingerprint density at radius 2 is 2.36 bits per heavy atom. The fourth-order valence-corrected chi connectivity index (χ4v) is 1.81. The Morgan fingerprint density at radius 1 is 1.43 bits per heavy atom. The normalized spacial score (nSPS) is 10.4. The van der Waals surface area contributed by atoms with Crippen LogP contribution in [0.2, 0.25) is 5.02 Å². The molecule has 0 saturated heterocycles. The molecular weight excluding hydrogens is 220 g/mol.